The second-order valence-corrected chi connectivity index (χ2v) is 2.96. The van der Waals surface area contributed by atoms with Crippen molar-refractivity contribution in [3.8, 4) is 0 Å². The summed E-state index contributed by atoms with van der Waals surface area (Å²) in [5, 5.41) is 8.55. The van der Waals surface area contributed by atoms with Crippen LogP contribution in [0, 0.1) is 0 Å². The summed E-state index contributed by atoms with van der Waals surface area (Å²) in [6.07, 6.45) is 0. The molecule has 0 bridgehead atoms. The lowest BCUT2D eigenvalue weighted by Gasteiger charge is -2.18. The van der Waals surface area contributed by atoms with Gasteiger partial charge in [-0.2, -0.15) is 0 Å². The zero-order valence-electron chi connectivity index (χ0n) is 9.10. The van der Waals surface area contributed by atoms with E-state index < -0.39 is 18.6 Å². The van der Waals surface area contributed by atoms with E-state index in [1.165, 1.54) is 4.90 Å². The number of amides is 1. The fourth-order valence-corrected chi connectivity index (χ4v) is 0.982. The average molecular weight is 218 g/mol. The van der Waals surface area contributed by atoms with E-state index in [0.717, 1.165) is 0 Å². The molecule has 0 spiro atoms. The molecule has 0 unspecified atom stereocenters. The van der Waals surface area contributed by atoms with E-state index in [1.807, 2.05) is 13.8 Å². The Labute approximate surface area is 89.0 Å². The van der Waals surface area contributed by atoms with Crippen LogP contribution in [-0.4, -0.2) is 54.2 Å². The monoisotopic (exact) mass is 218 g/mol. The van der Waals surface area contributed by atoms with Crippen molar-refractivity contribution < 1.29 is 19.4 Å². The molecule has 3 N–H and O–H groups in total. The number of hydrogen-bond donors (Lipinski definition) is 2. The lowest BCUT2D eigenvalue weighted by molar-refractivity contribution is -0.153. The van der Waals surface area contributed by atoms with Crippen LogP contribution >= 0.6 is 0 Å². The quantitative estimate of drug-likeness (QED) is 0.541. The highest BCUT2D eigenvalue weighted by Crippen LogP contribution is 1.92. The second-order valence-electron chi connectivity index (χ2n) is 2.96. The molecule has 6 heteroatoms. The predicted octanol–water partition coefficient (Wildman–Crippen LogP) is -1.28. The first-order valence-electron chi connectivity index (χ1n) is 4.87. The molecule has 0 aliphatic rings. The molecule has 15 heavy (non-hydrogen) atoms. The fourth-order valence-electron chi connectivity index (χ4n) is 0.982. The smallest absolute Gasteiger partial charge is 0.325 e. The summed E-state index contributed by atoms with van der Waals surface area (Å²) in [5.41, 5.74) is 5.19. The van der Waals surface area contributed by atoms with E-state index in [9.17, 15) is 9.59 Å². The third kappa shape index (κ3) is 4.75. The number of nitrogens with zero attached hydrogens (tertiary/aromatic N) is 1. The summed E-state index contributed by atoms with van der Waals surface area (Å²) >= 11 is 0. The van der Waals surface area contributed by atoms with E-state index in [4.69, 9.17) is 10.8 Å². The minimum atomic E-state index is -1.07. The highest BCUT2D eigenvalue weighted by Gasteiger charge is 2.17. The molecule has 6 nitrogen and oxygen atoms in total. The van der Waals surface area contributed by atoms with E-state index in [-0.39, 0.29) is 12.5 Å². The van der Waals surface area contributed by atoms with Crippen LogP contribution in [0.5, 0.6) is 0 Å². The zero-order chi connectivity index (χ0) is 11.8. The SMILES string of the molecule is CCN(CC)C(=O)COC(=O)[C@@H](N)CO. The molecular formula is C9H18N2O4. The lowest BCUT2D eigenvalue weighted by Crippen LogP contribution is -2.39. The van der Waals surface area contributed by atoms with Gasteiger partial charge in [0, 0.05) is 13.1 Å². The molecule has 0 heterocycles. The molecule has 0 aromatic heterocycles. The Morgan fingerprint density at radius 3 is 2.33 bits per heavy atom. The second kappa shape index (κ2) is 7.19. The summed E-state index contributed by atoms with van der Waals surface area (Å²) in [6.45, 7) is 4.00. The highest BCUT2D eigenvalue weighted by atomic mass is 16.5. The highest BCUT2D eigenvalue weighted by molar-refractivity contribution is 5.82. The van der Waals surface area contributed by atoms with Gasteiger partial charge in [0.25, 0.3) is 5.91 Å². The minimum Gasteiger partial charge on any atom is -0.454 e. The third-order valence-electron chi connectivity index (χ3n) is 1.95. The van der Waals surface area contributed by atoms with Crippen molar-refractivity contribution in [3.05, 3.63) is 0 Å². The van der Waals surface area contributed by atoms with Crippen LogP contribution < -0.4 is 5.73 Å². The molecule has 0 aliphatic heterocycles. The first-order valence-corrected chi connectivity index (χ1v) is 4.87. The Balaban J connectivity index is 3.94. The summed E-state index contributed by atoms with van der Waals surface area (Å²) in [7, 11) is 0. The molecule has 0 rings (SSSR count). The largest absolute Gasteiger partial charge is 0.454 e. The summed E-state index contributed by atoms with van der Waals surface area (Å²) < 4.78 is 4.63. The molecule has 0 radical (unpaired) electrons. The summed E-state index contributed by atoms with van der Waals surface area (Å²) in [4.78, 5) is 23.9. The Kier molecular flexibility index (Phi) is 6.64. The number of rotatable bonds is 6. The lowest BCUT2D eigenvalue weighted by atomic mass is 10.3. The van der Waals surface area contributed by atoms with Gasteiger partial charge in [-0.15, -0.1) is 0 Å². The van der Waals surface area contributed by atoms with Gasteiger partial charge in [-0.1, -0.05) is 0 Å². The number of aliphatic hydroxyl groups excluding tert-OH is 1. The Bertz CT molecular complexity index is 216. The first kappa shape index (κ1) is 13.9. The number of carbonyl (C=O) groups excluding carboxylic acids is 2. The van der Waals surface area contributed by atoms with Crippen molar-refractivity contribution in [2.24, 2.45) is 5.73 Å². The van der Waals surface area contributed by atoms with Gasteiger partial charge >= 0.3 is 5.97 Å². The summed E-state index contributed by atoms with van der Waals surface area (Å²) in [6, 6.07) is -1.07. The number of carbonyl (C=O) groups is 2. The van der Waals surface area contributed by atoms with Crippen LogP contribution in [0.4, 0.5) is 0 Å². The summed E-state index contributed by atoms with van der Waals surface area (Å²) in [5.74, 6) is -1.03. The van der Waals surface area contributed by atoms with Gasteiger partial charge in [-0.25, -0.2) is 0 Å². The maximum Gasteiger partial charge on any atom is 0.325 e. The number of hydrogen-bond acceptors (Lipinski definition) is 5. The van der Waals surface area contributed by atoms with Gasteiger partial charge < -0.3 is 20.5 Å². The molecule has 1 amide bonds. The Morgan fingerprint density at radius 2 is 1.93 bits per heavy atom. The van der Waals surface area contributed by atoms with Crippen molar-refractivity contribution >= 4 is 11.9 Å². The Morgan fingerprint density at radius 1 is 1.40 bits per heavy atom. The average Bonchev–Trinajstić information content (AvgIpc) is 2.26. The topological polar surface area (TPSA) is 92.9 Å². The standard InChI is InChI=1S/C9H18N2O4/c1-3-11(4-2)8(13)6-15-9(14)7(10)5-12/h7,12H,3-6,10H2,1-2H3/t7-/m0/s1. The van der Waals surface area contributed by atoms with E-state index in [0.29, 0.717) is 13.1 Å². The molecule has 0 aromatic carbocycles. The number of nitrogens with two attached hydrogens (primary N) is 1. The van der Waals surface area contributed by atoms with Gasteiger partial charge in [-0.05, 0) is 13.8 Å². The van der Waals surface area contributed by atoms with Crippen molar-refractivity contribution in [2.75, 3.05) is 26.3 Å². The molecular weight excluding hydrogens is 200 g/mol. The molecule has 0 aliphatic carbocycles. The fraction of sp³-hybridized carbons (Fsp3) is 0.778. The van der Waals surface area contributed by atoms with Gasteiger partial charge in [0.15, 0.2) is 6.61 Å². The maximum absolute atomic E-state index is 11.4. The van der Waals surface area contributed by atoms with Crippen LogP contribution in [-0.2, 0) is 14.3 Å². The van der Waals surface area contributed by atoms with Crippen molar-refractivity contribution in [1.29, 1.82) is 0 Å². The first-order chi connectivity index (χ1) is 7.06. The van der Waals surface area contributed by atoms with Gasteiger partial charge in [0.05, 0.1) is 6.61 Å². The predicted molar refractivity (Wildman–Crippen MR) is 53.9 cm³/mol. The van der Waals surface area contributed by atoms with E-state index >= 15 is 0 Å². The molecule has 0 saturated heterocycles. The minimum absolute atomic E-state index is 0.265. The van der Waals surface area contributed by atoms with Crippen LogP contribution in [0.1, 0.15) is 13.8 Å². The number of ether oxygens (including phenoxy) is 1. The molecule has 88 valence electrons. The maximum atomic E-state index is 11.4. The third-order valence-corrected chi connectivity index (χ3v) is 1.95. The zero-order valence-corrected chi connectivity index (χ0v) is 9.10. The number of esters is 1. The molecule has 0 fully saturated rings. The van der Waals surface area contributed by atoms with Crippen LogP contribution in [0.2, 0.25) is 0 Å². The van der Waals surface area contributed by atoms with Crippen LogP contribution in [0.25, 0.3) is 0 Å². The molecule has 0 aromatic rings. The van der Waals surface area contributed by atoms with E-state index in [1.54, 1.807) is 0 Å². The van der Waals surface area contributed by atoms with Crippen molar-refractivity contribution in [2.45, 2.75) is 19.9 Å². The molecule has 1 atom stereocenters. The van der Waals surface area contributed by atoms with Gasteiger partial charge in [0.2, 0.25) is 0 Å². The van der Waals surface area contributed by atoms with Gasteiger partial charge in [0.1, 0.15) is 6.04 Å². The Hall–Kier alpha value is -1.14. The van der Waals surface area contributed by atoms with Crippen molar-refractivity contribution in [3.63, 3.8) is 0 Å². The normalized spacial score (nSPS) is 12.0. The number of aliphatic hydroxyl groups is 1. The van der Waals surface area contributed by atoms with Crippen LogP contribution in [0.15, 0.2) is 0 Å². The molecule has 0 saturated carbocycles. The van der Waals surface area contributed by atoms with Crippen LogP contribution in [0.3, 0.4) is 0 Å². The van der Waals surface area contributed by atoms with E-state index in [2.05, 4.69) is 4.74 Å². The van der Waals surface area contributed by atoms with Crippen molar-refractivity contribution in [1.82, 2.24) is 4.90 Å². The van der Waals surface area contributed by atoms with Gasteiger partial charge in [-0.3, -0.25) is 9.59 Å². The number of likely N-dealkylation sites (N-methyl/N-ethyl adjacent to an activating group) is 1.